The molecule has 0 bridgehead atoms. The lowest BCUT2D eigenvalue weighted by molar-refractivity contribution is -0.0328. The molecule has 6 aromatic carbocycles. The highest BCUT2D eigenvalue weighted by Crippen LogP contribution is 2.62. The summed E-state index contributed by atoms with van der Waals surface area (Å²) in [6.45, 7) is 3.03. The lowest BCUT2D eigenvalue weighted by atomic mass is 9.68. The molecule has 1 atom stereocenters. The number of morpholine rings is 1. The van der Waals surface area contributed by atoms with E-state index in [-0.39, 0.29) is 22.1 Å². The maximum Gasteiger partial charge on any atom is 0.446 e. The molecule has 1 saturated heterocycles. The number of methoxy groups -OCH3 is 1. The van der Waals surface area contributed by atoms with E-state index in [2.05, 4.69) is 77.7 Å². The molecule has 1 unspecified atom stereocenters. The van der Waals surface area contributed by atoms with Crippen molar-refractivity contribution < 1.29 is 27.4 Å². The zero-order valence-corrected chi connectivity index (χ0v) is 34.6. The zero-order chi connectivity index (χ0) is 40.9. The van der Waals surface area contributed by atoms with Crippen molar-refractivity contribution in [2.24, 2.45) is 0 Å². The van der Waals surface area contributed by atoms with Gasteiger partial charge in [-0.3, -0.25) is 0 Å². The van der Waals surface area contributed by atoms with E-state index in [1.54, 1.807) is 7.11 Å². The SMILES string of the molecule is COc1ccc(C2(c3ccc(N4CCOCC4)cc3)C=Cc3c4c(c5cc(SC(F)(F)F)c(-c6ccccc6)cc5c3O2)-c2ccccc2C42CCCCCCCC2)cc1. The first-order valence-corrected chi connectivity index (χ1v) is 22.1. The predicted molar refractivity (Wildman–Crippen MR) is 237 cm³/mol. The summed E-state index contributed by atoms with van der Waals surface area (Å²) in [4.78, 5) is 2.52. The molecule has 2 fully saturated rings. The van der Waals surface area contributed by atoms with Gasteiger partial charge in [0.1, 0.15) is 11.5 Å². The van der Waals surface area contributed by atoms with Crippen molar-refractivity contribution in [3.63, 3.8) is 0 Å². The number of nitrogens with zero attached hydrogens (tertiary/aromatic N) is 1. The van der Waals surface area contributed by atoms with Crippen LogP contribution in [-0.2, 0) is 15.8 Å². The normalized spacial score (nSPS) is 19.8. The second kappa shape index (κ2) is 15.7. The summed E-state index contributed by atoms with van der Waals surface area (Å²) >= 11 is -0.0314. The van der Waals surface area contributed by atoms with E-state index in [0.29, 0.717) is 24.5 Å². The average Bonchev–Trinajstić information content (AvgIpc) is 3.63. The Morgan fingerprint density at radius 1 is 0.700 bits per heavy atom. The summed E-state index contributed by atoms with van der Waals surface area (Å²) in [5, 5.41) is 1.59. The molecule has 6 aromatic rings. The van der Waals surface area contributed by atoms with Crippen LogP contribution in [0.1, 0.15) is 79.2 Å². The maximum absolute atomic E-state index is 14.6. The lowest BCUT2D eigenvalue weighted by Crippen LogP contribution is -2.37. The number of ether oxygens (including phenoxy) is 3. The van der Waals surface area contributed by atoms with Crippen molar-refractivity contribution in [3.05, 3.63) is 149 Å². The molecular formula is C52H48F3NO3S. The first-order valence-electron chi connectivity index (χ1n) is 21.3. The van der Waals surface area contributed by atoms with Crippen molar-refractivity contribution >= 4 is 34.3 Å². The van der Waals surface area contributed by atoms with Crippen LogP contribution < -0.4 is 14.4 Å². The largest absolute Gasteiger partial charge is 0.497 e. The minimum Gasteiger partial charge on any atom is -0.497 e. The van der Waals surface area contributed by atoms with Crippen molar-refractivity contribution in [2.75, 3.05) is 38.3 Å². The summed E-state index contributed by atoms with van der Waals surface area (Å²) < 4.78 is 62.9. The molecule has 2 aliphatic heterocycles. The van der Waals surface area contributed by atoms with Gasteiger partial charge in [-0.15, -0.1) is 0 Å². The van der Waals surface area contributed by atoms with Crippen LogP contribution in [0.5, 0.6) is 11.5 Å². The Morgan fingerprint density at radius 3 is 2.03 bits per heavy atom. The number of benzene rings is 6. The van der Waals surface area contributed by atoms with Crippen LogP contribution >= 0.6 is 11.8 Å². The second-order valence-corrected chi connectivity index (χ2v) is 17.7. The van der Waals surface area contributed by atoms with E-state index >= 15 is 0 Å². The van der Waals surface area contributed by atoms with E-state index in [4.69, 9.17) is 14.2 Å². The summed E-state index contributed by atoms with van der Waals surface area (Å²) in [5.74, 6) is 1.44. The van der Waals surface area contributed by atoms with Crippen LogP contribution in [0.15, 0.2) is 126 Å². The van der Waals surface area contributed by atoms with Gasteiger partial charge in [0.15, 0.2) is 5.60 Å². The molecule has 10 rings (SSSR count). The third-order valence-electron chi connectivity index (χ3n) is 13.3. The van der Waals surface area contributed by atoms with Gasteiger partial charge < -0.3 is 19.1 Å². The highest BCUT2D eigenvalue weighted by molar-refractivity contribution is 8.00. The summed E-state index contributed by atoms with van der Waals surface area (Å²) in [7, 11) is 1.66. The summed E-state index contributed by atoms with van der Waals surface area (Å²) in [5.41, 5.74) is 4.06. The Balaban J connectivity index is 1.27. The number of anilines is 1. The van der Waals surface area contributed by atoms with Gasteiger partial charge in [-0.05, 0) is 106 Å². The molecule has 1 spiro atoms. The summed E-state index contributed by atoms with van der Waals surface area (Å²) in [6.07, 6.45) is 13.4. The first-order chi connectivity index (χ1) is 29.3. The van der Waals surface area contributed by atoms with Crippen molar-refractivity contribution in [3.8, 4) is 33.8 Å². The van der Waals surface area contributed by atoms with E-state index in [0.717, 1.165) is 107 Å². The fraction of sp³-hybridized carbons (Fsp3) is 0.308. The van der Waals surface area contributed by atoms with Crippen molar-refractivity contribution in [2.45, 2.75) is 72.8 Å². The second-order valence-electron chi connectivity index (χ2n) is 16.6. The van der Waals surface area contributed by atoms with E-state index in [9.17, 15) is 13.2 Å². The molecule has 0 amide bonds. The average molecular weight is 824 g/mol. The van der Waals surface area contributed by atoms with Gasteiger partial charge in [-0.2, -0.15) is 13.2 Å². The topological polar surface area (TPSA) is 30.9 Å². The van der Waals surface area contributed by atoms with E-state index in [1.165, 1.54) is 24.0 Å². The third-order valence-corrected chi connectivity index (χ3v) is 14.1. The van der Waals surface area contributed by atoms with E-state index in [1.807, 2.05) is 54.6 Å². The minimum absolute atomic E-state index is 0.0314. The number of fused-ring (bicyclic) bond motifs is 10. The van der Waals surface area contributed by atoms with Gasteiger partial charge in [-0.1, -0.05) is 123 Å². The molecular weight excluding hydrogens is 776 g/mol. The Hall–Kier alpha value is -5.18. The fourth-order valence-electron chi connectivity index (χ4n) is 10.5. The van der Waals surface area contributed by atoms with Crippen LogP contribution in [0.25, 0.3) is 39.1 Å². The highest BCUT2D eigenvalue weighted by Gasteiger charge is 2.48. The predicted octanol–water partition coefficient (Wildman–Crippen LogP) is 13.7. The third kappa shape index (κ3) is 6.76. The number of alkyl halides is 3. The molecule has 60 heavy (non-hydrogen) atoms. The van der Waals surface area contributed by atoms with Crippen LogP contribution in [0.3, 0.4) is 0 Å². The number of hydrogen-bond acceptors (Lipinski definition) is 5. The molecule has 4 nitrogen and oxygen atoms in total. The van der Waals surface area contributed by atoms with Crippen molar-refractivity contribution in [1.29, 1.82) is 0 Å². The Kier molecular flexibility index (Phi) is 10.2. The smallest absolute Gasteiger partial charge is 0.446 e. The summed E-state index contributed by atoms with van der Waals surface area (Å²) in [6, 6.07) is 38.6. The van der Waals surface area contributed by atoms with Crippen molar-refractivity contribution in [1.82, 2.24) is 0 Å². The van der Waals surface area contributed by atoms with Gasteiger partial charge in [0, 0.05) is 51.2 Å². The molecule has 2 heterocycles. The van der Waals surface area contributed by atoms with Crippen LogP contribution in [0, 0.1) is 0 Å². The molecule has 1 saturated carbocycles. The van der Waals surface area contributed by atoms with Gasteiger partial charge in [0.05, 0.1) is 20.3 Å². The fourth-order valence-corrected chi connectivity index (χ4v) is 11.2. The molecule has 0 radical (unpaired) electrons. The van der Waals surface area contributed by atoms with Crippen LogP contribution in [0.4, 0.5) is 18.9 Å². The lowest BCUT2D eigenvalue weighted by Gasteiger charge is -2.40. The number of hydrogen-bond donors (Lipinski definition) is 0. The van der Waals surface area contributed by atoms with E-state index < -0.39 is 11.1 Å². The Bertz CT molecular complexity index is 2550. The van der Waals surface area contributed by atoms with Gasteiger partial charge in [-0.25, -0.2) is 0 Å². The Labute approximate surface area is 354 Å². The zero-order valence-electron chi connectivity index (χ0n) is 33.8. The Morgan fingerprint density at radius 2 is 1.35 bits per heavy atom. The van der Waals surface area contributed by atoms with Gasteiger partial charge in [0.2, 0.25) is 0 Å². The standard InChI is InChI=1S/C52H48F3NO3S/c1-57-39-23-19-37(20-24-39)51(36-17-21-38(22-18-36)56-29-31-58-32-30-56)28-25-41-48-47(40-15-9-10-16-45(40)50(48)26-11-4-2-3-5-12-27-50)43-34-46(60-52(53,54)55)42(33-44(43)49(41)59-51)35-13-7-6-8-14-35/h6-10,13-25,28,33-34H,2-5,11-12,26-27,29-32H2,1H3. The molecule has 4 aliphatic rings. The van der Waals surface area contributed by atoms with Gasteiger partial charge in [0.25, 0.3) is 0 Å². The monoisotopic (exact) mass is 823 g/mol. The molecule has 306 valence electrons. The quantitative estimate of drug-likeness (QED) is 0.156. The first kappa shape index (κ1) is 39.0. The number of thioether (sulfide) groups is 1. The molecule has 0 aromatic heterocycles. The molecule has 0 N–H and O–H groups in total. The van der Waals surface area contributed by atoms with Crippen LogP contribution in [-0.4, -0.2) is 38.9 Å². The highest BCUT2D eigenvalue weighted by atomic mass is 32.2. The van der Waals surface area contributed by atoms with Gasteiger partial charge >= 0.3 is 5.51 Å². The molecule has 2 aliphatic carbocycles. The van der Waals surface area contributed by atoms with Crippen LogP contribution in [0.2, 0.25) is 0 Å². The molecule has 8 heteroatoms. The number of halogens is 3. The maximum atomic E-state index is 14.6. The number of rotatable bonds is 6. The minimum atomic E-state index is -4.48.